The average molecular weight is 384 g/mol. The highest BCUT2D eigenvalue weighted by molar-refractivity contribution is 6.22. The molecule has 3 amide bonds. The molecule has 0 aromatic heterocycles. The summed E-state index contributed by atoms with van der Waals surface area (Å²) in [4.78, 5) is 52.7. The monoisotopic (exact) mass is 384 g/mol. The molecule has 1 saturated heterocycles. The number of imide groups is 1. The molecule has 0 radical (unpaired) electrons. The van der Waals surface area contributed by atoms with Gasteiger partial charge in [-0.15, -0.1) is 0 Å². The lowest BCUT2D eigenvalue weighted by Crippen LogP contribution is -2.42. The predicted octanol–water partition coefficient (Wildman–Crippen LogP) is 2.55. The van der Waals surface area contributed by atoms with Crippen molar-refractivity contribution in [3.05, 3.63) is 34.9 Å². The zero-order valence-corrected chi connectivity index (χ0v) is 15.7. The molecule has 7 nitrogen and oxygen atoms in total. The van der Waals surface area contributed by atoms with Crippen LogP contribution >= 0.6 is 0 Å². The molecule has 0 bridgehead atoms. The fraction of sp³-hybridized carbons (Fsp3) is 0.524. The van der Waals surface area contributed by atoms with E-state index in [1.54, 1.807) is 12.1 Å². The van der Waals surface area contributed by atoms with E-state index in [1.807, 2.05) is 0 Å². The van der Waals surface area contributed by atoms with E-state index in [4.69, 9.17) is 0 Å². The van der Waals surface area contributed by atoms with Crippen LogP contribution in [0.15, 0.2) is 18.2 Å². The van der Waals surface area contributed by atoms with Gasteiger partial charge < -0.3 is 10.0 Å². The number of benzene rings is 1. The maximum atomic E-state index is 12.9. The average Bonchev–Trinajstić information content (AvgIpc) is 2.98. The van der Waals surface area contributed by atoms with Crippen LogP contribution in [-0.4, -0.2) is 57.7 Å². The van der Waals surface area contributed by atoms with Gasteiger partial charge in [0.2, 0.25) is 0 Å². The topological polar surface area (TPSA) is 95.0 Å². The van der Waals surface area contributed by atoms with Crippen LogP contribution in [0.1, 0.15) is 76.0 Å². The quantitative estimate of drug-likeness (QED) is 0.808. The molecule has 1 atom stereocenters. The highest BCUT2D eigenvalue weighted by atomic mass is 16.4. The van der Waals surface area contributed by atoms with Gasteiger partial charge in [0.15, 0.2) is 0 Å². The number of hydrogen-bond acceptors (Lipinski definition) is 4. The Labute approximate surface area is 163 Å². The Kier molecular flexibility index (Phi) is 4.91. The van der Waals surface area contributed by atoms with Crippen LogP contribution in [0.25, 0.3) is 0 Å². The first-order valence-electron chi connectivity index (χ1n) is 10.0. The van der Waals surface area contributed by atoms with E-state index in [2.05, 4.69) is 0 Å². The molecule has 1 N–H and O–H groups in total. The lowest BCUT2D eigenvalue weighted by molar-refractivity contribution is -0.143. The van der Waals surface area contributed by atoms with Crippen molar-refractivity contribution in [3.8, 4) is 0 Å². The molecule has 2 heterocycles. The lowest BCUT2D eigenvalue weighted by atomic mass is 9.94. The largest absolute Gasteiger partial charge is 0.481 e. The molecule has 7 heteroatoms. The first-order chi connectivity index (χ1) is 13.5. The smallest absolute Gasteiger partial charge is 0.308 e. The molecule has 28 heavy (non-hydrogen) atoms. The Bertz CT molecular complexity index is 843. The van der Waals surface area contributed by atoms with Crippen molar-refractivity contribution in [2.75, 3.05) is 13.1 Å². The number of carbonyl (C=O) groups excluding carboxylic acids is 3. The first kappa shape index (κ1) is 18.7. The normalized spacial score (nSPS) is 23.1. The summed E-state index contributed by atoms with van der Waals surface area (Å²) in [5.74, 6) is -2.32. The minimum Gasteiger partial charge on any atom is -0.481 e. The highest BCUT2D eigenvalue weighted by Gasteiger charge is 2.40. The Morgan fingerprint density at radius 2 is 1.64 bits per heavy atom. The van der Waals surface area contributed by atoms with E-state index in [1.165, 1.54) is 15.9 Å². The van der Waals surface area contributed by atoms with Gasteiger partial charge in [0, 0.05) is 24.7 Å². The standard InChI is InChI=1S/C21H24N2O5/c24-18(22-10-4-5-14(12-22)21(27)28)13-8-9-16-17(11-13)20(26)23(19(16)25)15-6-2-1-3-7-15/h8-9,11,14-15H,1-7,10,12H2,(H,27,28). The zero-order chi connectivity index (χ0) is 19.8. The third-order valence-corrected chi connectivity index (χ3v) is 6.16. The summed E-state index contributed by atoms with van der Waals surface area (Å²) in [6, 6.07) is 4.58. The molecule has 0 spiro atoms. The molecule has 1 aliphatic carbocycles. The summed E-state index contributed by atoms with van der Waals surface area (Å²) in [5, 5.41) is 9.23. The van der Waals surface area contributed by atoms with Gasteiger partial charge in [-0.2, -0.15) is 0 Å². The highest BCUT2D eigenvalue weighted by Crippen LogP contribution is 2.32. The van der Waals surface area contributed by atoms with Crippen molar-refractivity contribution in [3.63, 3.8) is 0 Å². The van der Waals surface area contributed by atoms with E-state index < -0.39 is 11.9 Å². The van der Waals surface area contributed by atoms with Crippen molar-refractivity contribution in [1.29, 1.82) is 0 Å². The number of hydrogen-bond donors (Lipinski definition) is 1. The Morgan fingerprint density at radius 3 is 2.36 bits per heavy atom. The van der Waals surface area contributed by atoms with Crippen LogP contribution in [0.2, 0.25) is 0 Å². The van der Waals surface area contributed by atoms with Crippen molar-refractivity contribution in [2.24, 2.45) is 5.92 Å². The number of carboxylic acid groups (broad SMARTS) is 1. The van der Waals surface area contributed by atoms with E-state index in [9.17, 15) is 24.3 Å². The van der Waals surface area contributed by atoms with Gasteiger partial charge in [-0.05, 0) is 43.9 Å². The van der Waals surface area contributed by atoms with Gasteiger partial charge in [0.25, 0.3) is 17.7 Å². The number of aliphatic carboxylic acids is 1. The number of carboxylic acids is 1. The third kappa shape index (κ3) is 3.19. The van der Waals surface area contributed by atoms with E-state index in [0.717, 1.165) is 32.1 Å². The maximum Gasteiger partial charge on any atom is 0.308 e. The second-order valence-electron chi connectivity index (χ2n) is 7.96. The molecular weight excluding hydrogens is 360 g/mol. The number of fused-ring (bicyclic) bond motifs is 1. The summed E-state index contributed by atoms with van der Waals surface area (Å²) in [6.45, 7) is 0.674. The first-order valence-corrected chi connectivity index (χ1v) is 10.0. The van der Waals surface area contributed by atoms with Crippen molar-refractivity contribution in [2.45, 2.75) is 51.0 Å². The molecule has 2 fully saturated rings. The van der Waals surface area contributed by atoms with E-state index >= 15 is 0 Å². The summed E-state index contributed by atoms with van der Waals surface area (Å²) < 4.78 is 0. The van der Waals surface area contributed by atoms with Crippen LogP contribution in [0.5, 0.6) is 0 Å². The number of nitrogens with zero attached hydrogens (tertiary/aromatic N) is 2. The Hall–Kier alpha value is -2.70. The number of rotatable bonds is 3. The van der Waals surface area contributed by atoms with Gasteiger partial charge in [-0.25, -0.2) is 0 Å². The summed E-state index contributed by atoms with van der Waals surface area (Å²) in [7, 11) is 0. The Balaban J connectivity index is 1.56. The van der Waals surface area contributed by atoms with E-state index in [0.29, 0.717) is 30.5 Å². The molecular formula is C21H24N2O5. The molecule has 3 aliphatic rings. The van der Waals surface area contributed by atoms with E-state index in [-0.39, 0.29) is 35.9 Å². The van der Waals surface area contributed by atoms with Crippen molar-refractivity contribution < 1.29 is 24.3 Å². The van der Waals surface area contributed by atoms with Crippen LogP contribution in [0, 0.1) is 5.92 Å². The van der Waals surface area contributed by atoms with Crippen LogP contribution in [0.4, 0.5) is 0 Å². The predicted molar refractivity (Wildman–Crippen MR) is 100 cm³/mol. The van der Waals surface area contributed by atoms with Gasteiger partial charge in [0.1, 0.15) is 0 Å². The zero-order valence-electron chi connectivity index (χ0n) is 15.7. The minimum atomic E-state index is -0.893. The van der Waals surface area contributed by atoms with Gasteiger partial charge in [0.05, 0.1) is 17.0 Å². The molecule has 148 valence electrons. The number of carbonyl (C=O) groups is 4. The summed E-state index contributed by atoms with van der Waals surface area (Å²) >= 11 is 0. The lowest BCUT2D eigenvalue weighted by Gasteiger charge is -2.30. The van der Waals surface area contributed by atoms with Crippen LogP contribution < -0.4 is 0 Å². The van der Waals surface area contributed by atoms with Gasteiger partial charge in [-0.3, -0.25) is 24.1 Å². The van der Waals surface area contributed by atoms with Crippen LogP contribution in [0.3, 0.4) is 0 Å². The Morgan fingerprint density at radius 1 is 0.929 bits per heavy atom. The maximum absolute atomic E-state index is 12.9. The third-order valence-electron chi connectivity index (χ3n) is 6.16. The van der Waals surface area contributed by atoms with Crippen LogP contribution in [-0.2, 0) is 4.79 Å². The second-order valence-corrected chi connectivity index (χ2v) is 7.96. The SMILES string of the molecule is O=C(O)C1CCCN(C(=O)c2ccc3c(c2)C(=O)N(C2CCCCC2)C3=O)C1. The van der Waals surface area contributed by atoms with Crippen molar-refractivity contribution >= 4 is 23.7 Å². The number of likely N-dealkylation sites (tertiary alicyclic amines) is 1. The molecule has 4 rings (SSSR count). The number of piperidine rings is 1. The summed E-state index contributed by atoms with van der Waals surface area (Å²) in [6.07, 6.45) is 6.03. The van der Waals surface area contributed by atoms with Gasteiger partial charge >= 0.3 is 5.97 Å². The van der Waals surface area contributed by atoms with Crippen molar-refractivity contribution in [1.82, 2.24) is 9.80 Å². The van der Waals surface area contributed by atoms with Gasteiger partial charge in [-0.1, -0.05) is 19.3 Å². The molecule has 1 aromatic rings. The fourth-order valence-corrected chi connectivity index (χ4v) is 4.61. The summed E-state index contributed by atoms with van der Waals surface area (Å²) in [5.41, 5.74) is 0.971. The molecule has 2 aliphatic heterocycles. The number of amides is 3. The molecule has 1 unspecified atom stereocenters. The molecule has 1 saturated carbocycles. The minimum absolute atomic E-state index is 0.0567. The second kappa shape index (κ2) is 7.37. The fourth-order valence-electron chi connectivity index (χ4n) is 4.61. The molecule has 1 aromatic carbocycles.